The number of piperidine rings is 1. The average Bonchev–Trinajstić information content (AvgIpc) is 3.03. The molecule has 2 amide bonds. The third-order valence-corrected chi connectivity index (χ3v) is 5.56. The van der Waals surface area contributed by atoms with Gasteiger partial charge in [0.2, 0.25) is 0 Å². The fraction of sp³-hybridized carbons (Fsp3) is 0.529. The van der Waals surface area contributed by atoms with Crippen LogP contribution >= 0.6 is 11.3 Å². The molecule has 2 heterocycles. The van der Waals surface area contributed by atoms with Gasteiger partial charge in [0.1, 0.15) is 5.75 Å². The van der Waals surface area contributed by atoms with Crippen LogP contribution in [0.3, 0.4) is 0 Å². The lowest BCUT2D eigenvalue weighted by atomic mass is 10.1. The summed E-state index contributed by atoms with van der Waals surface area (Å²) in [5, 5.41) is 1.02. The number of urea groups is 1. The molecule has 1 aliphatic heterocycles. The van der Waals surface area contributed by atoms with Crippen molar-refractivity contribution < 1.29 is 9.53 Å². The number of carbonyl (C=O) groups excluding carboxylic acids is 1. The monoisotopic (exact) mass is 348 g/mol. The van der Waals surface area contributed by atoms with Gasteiger partial charge in [0, 0.05) is 34.2 Å². The Hall–Kier alpha value is -2.02. The maximum absolute atomic E-state index is 12.2. The van der Waals surface area contributed by atoms with Gasteiger partial charge < -0.3 is 19.4 Å². The lowest BCUT2D eigenvalue weighted by Crippen LogP contribution is -2.51. The van der Waals surface area contributed by atoms with Crippen LogP contribution in [0.4, 0.5) is 9.93 Å². The Morgan fingerprint density at radius 1 is 1.38 bits per heavy atom. The number of thiazole rings is 1. The number of hydrogen-bond acceptors (Lipinski definition) is 5. The van der Waals surface area contributed by atoms with E-state index in [9.17, 15) is 4.79 Å². The number of nitrogens with zero attached hydrogens (tertiary/aromatic N) is 4. The van der Waals surface area contributed by atoms with Crippen LogP contribution in [0.2, 0.25) is 0 Å². The summed E-state index contributed by atoms with van der Waals surface area (Å²) in [5.41, 5.74) is 0.996. The second-order valence-corrected chi connectivity index (χ2v) is 7.37. The Kier molecular flexibility index (Phi) is 4.80. The van der Waals surface area contributed by atoms with Crippen molar-refractivity contribution in [2.45, 2.75) is 18.9 Å². The zero-order chi connectivity index (χ0) is 17.3. The van der Waals surface area contributed by atoms with Gasteiger partial charge in [-0.25, -0.2) is 9.78 Å². The Morgan fingerprint density at radius 2 is 2.17 bits per heavy atom. The number of carbonyl (C=O) groups is 1. The summed E-state index contributed by atoms with van der Waals surface area (Å²) in [6, 6.07) is 6.23. The van der Waals surface area contributed by atoms with Gasteiger partial charge in [-0.1, -0.05) is 11.3 Å². The molecule has 3 rings (SSSR count). The van der Waals surface area contributed by atoms with E-state index >= 15 is 0 Å². The predicted octanol–water partition coefficient (Wildman–Crippen LogP) is 2.89. The molecular weight excluding hydrogens is 324 g/mol. The maximum Gasteiger partial charge on any atom is 0.319 e. The van der Waals surface area contributed by atoms with Crippen LogP contribution in [-0.2, 0) is 0 Å². The van der Waals surface area contributed by atoms with Crippen molar-refractivity contribution in [3.05, 3.63) is 18.2 Å². The lowest BCUT2D eigenvalue weighted by Gasteiger charge is -2.38. The molecule has 1 aromatic carbocycles. The molecule has 0 N–H and O–H groups in total. The molecule has 2 aromatic rings. The van der Waals surface area contributed by atoms with Crippen LogP contribution in [0.25, 0.3) is 10.2 Å². The number of rotatable bonds is 3. The highest BCUT2D eigenvalue weighted by molar-refractivity contribution is 7.22. The molecular formula is C17H24N4O2S. The normalized spacial score (nSPS) is 17.8. The van der Waals surface area contributed by atoms with Gasteiger partial charge in [0.15, 0.2) is 5.13 Å². The number of hydrogen-bond donors (Lipinski definition) is 0. The van der Waals surface area contributed by atoms with E-state index in [0.29, 0.717) is 0 Å². The SMILES string of the molecule is COc1ccc2nc(N3CCCC(N(C)C(=O)N(C)C)C3)sc2c1. The first-order valence-electron chi connectivity index (χ1n) is 8.13. The van der Waals surface area contributed by atoms with Gasteiger partial charge in [-0.15, -0.1) is 0 Å². The summed E-state index contributed by atoms with van der Waals surface area (Å²) in [7, 11) is 7.15. The number of ether oxygens (including phenoxy) is 1. The standard InChI is InChI=1S/C17H24N4O2S/c1-19(2)17(22)20(3)12-6-5-9-21(11-12)16-18-14-8-7-13(23-4)10-15(14)24-16/h7-8,10,12H,5-6,9,11H2,1-4H3. The first-order chi connectivity index (χ1) is 11.5. The maximum atomic E-state index is 12.2. The third kappa shape index (κ3) is 3.26. The number of benzene rings is 1. The van der Waals surface area contributed by atoms with E-state index in [-0.39, 0.29) is 12.1 Å². The minimum atomic E-state index is 0.0517. The molecule has 130 valence electrons. The second-order valence-electron chi connectivity index (χ2n) is 6.36. The van der Waals surface area contributed by atoms with Crippen LogP contribution in [-0.4, -0.2) is 68.2 Å². The summed E-state index contributed by atoms with van der Waals surface area (Å²) in [4.78, 5) is 22.7. The van der Waals surface area contributed by atoms with Crippen LogP contribution in [0.15, 0.2) is 18.2 Å². The Balaban J connectivity index is 1.78. The zero-order valence-corrected chi connectivity index (χ0v) is 15.5. The molecule has 0 spiro atoms. The molecule has 1 fully saturated rings. The Bertz CT molecular complexity index is 730. The number of fused-ring (bicyclic) bond motifs is 1. The number of likely N-dealkylation sites (N-methyl/N-ethyl adjacent to an activating group) is 1. The van der Waals surface area contributed by atoms with Gasteiger partial charge in [0.05, 0.1) is 23.4 Å². The zero-order valence-electron chi connectivity index (χ0n) is 14.7. The van der Waals surface area contributed by atoms with Crippen LogP contribution in [0, 0.1) is 0 Å². The number of anilines is 1. The number of methoxy groups -OCH3 is 1. The van der Waals surface area contributed by atoms with Gasteiger partial charge >= 0.3 is 6.03 Å². The van der Waals surface area contributed by atoms with Crippen LogP contribution < -0.4 is 9.64 Å². The smallest absolute Gasteiger partial charge is 0.319 e. The van der Waals surface area contributed by atoms with E-state index in [1.807, 2.05) is 30.1 Å². The Morgan fingerprint density at radius 3 is 2.88 bits per heavy atom. The molecule has 0 radical (unpaired) electrons. The highest BCUT2D eigenvalue weighted by Crippen LogP contribution is 2.33. The van der Waals surface area contributed by atoms with Gasteiger partial charge in [-0.3, -0.25) is 0 Å². The molecule has 0 saturated carbocycles. The van der Waals surface area contributed by atoms with E-state index in [0.717, 1.165) is 47.0 Å². The van der Waals surface area contributed by atoms with Gasteiger partial charge in [-0.2, -0.15) is 0 Å². The van der Waals surface area contributed by atoms with Crippen molar-refractivity contribution in [2.75, 3.05) is 46.2 Å². The highest BCUT2D eigenvalue weighted by atomic mass is 32.1. The molecule has 1 saturated heterocycles. The molecule has 7 heteroatoms. The van der Waals surface area contributed by atoms with E-state index in [2.05, 4.69) is 4.90 Å². The van der Waals surface area contributed by atoms with Crippen molar-refractivity contribution in [1.82, 2.24) is 14.8 Å². The Labute approximate surface area is 146 Å². The topological polar surface area (TPSA) is 48.9 Å². The molecule has 0 bridgehead atoms. The minimum Gasteiger partial charge on any atom is -0.497 e. The second kappa shape index (κ2) is 6.84. The molecule has 0 aliphatic carbocycles. The van der Waals surface area contributed by atoms with Crippen LogP contribution in [0.1, 0.15) is 12.8 Å². The molecule has 1 unspecified atom stereocenters. The van der Waals surface area contributed by atoms with Crippen molar-refractivity contribution in [1.29, 1.82) is 0 Å². The summed E-state index contributed by atoms with van der Waals surface area (Å²) in [5.74, 6) is 0.852. The first kappa shape index (κ1) is 16.8. The molecule has 24 heavy (non-hydrogen) atoms. The third-order valence-electron chi connectivity index (χ3n) is 4.48. The van der Waals surface area contributed by atoms with Crippen LogP contribution in [0.5, 0.6) is 5.75 Å². The summed E-state index contributed by atoms with van der Waals surface area (Å²) >= 11 is 1.68. The van der Waals surface area contributed by atoms with E-state index in [1.54, 1.807) is 37.4 Å². The van der Waals surface area contributed by atoms with Gasteiger partial charge in [-0.05, 0) is 31.0 Å². The van der Waals surface area contributed by atoms with Crippen molar-refractivity contribution >= 4 is 32.7 Å². The number of amides is 2. The van der Waals surface area contributed by atoms with Gasteiger partial charge in [0.25, 0.3) is 0 Å². The fourth-order valence-electron chi connectivity index (χ4n) is 3.07. The summed E-state index contributed by atoms with van der Waals surface area (Å²) in [6.45, 7) is 1.81. The minimum absolute atomic E-state index is 0.0517. The number of aromatic nitrogens is 1. The molecule has 6 nitrogen and oxygen atoms in total. The van der Waals surface area contributed by atoms with E-state index in [4.69, 9.17) is 9.72 Å². The largest absolute Gasteiger partial charge is 0.497 e. The molecule has 1 atom stereocenters. The predicted molar refractivity (Wildman–Crippen MR) is 98.3 cm³/mol. The van der Waals surface area contributed by atoms with E-state index in [1.165, 1.54) is 0 Å². The lowest BCUT2D eigenvalue weighted by molar-refractivity contribution is 0.157. The summed E-state index contributed by atoms with van der Waals surface area (Å²) < 4.78 is 6.42. The summed E-state index contributed by atoms with van der Waals surface area (Å²) in [6.07, 6.45) is 2.10. The fourth-order valence-corrected chi connectivity index (χ4v) is 4.10. The first-order valence-corrected chi connectivity index (χ1v) is 8.95. The average molecular weight is 348 g/mol. The van der Waals surface area contributed by atoms with Crippen molar-refractivity contribution in [3.8, 4) is 5.75 Å². The molecule has 1 aliphatic rings. The van der Waals surface area contributed by atoms with Crippen molar-refractivity contribution in [2.24, 2.45) is 0 Å². The molecule has 1 aromatic heterocycles. The van der Waals surface area contributed by atoms with Crippen molar-refractivity contribution in [3.63, 3.8) is 0 Å². The highest BCUT2D eigenvalue weighted by Gasteiger charge is 2.28. The quantitative estimate of drug-likeness (QED) is 0.856. The van der Waals surface area contributed by atoms with E-state index < -0.39 is 0 Å².